The summed E-state index contributed by atoms with van der Waals surface area (Å²) in [6.07, 6.45) is 4.58. The first kappa shape index (κ1) is 12.2. The molecule has 1 aromatic rings. The molecule has 3 nitrogen and oxygen atoms in total. The fourth-order valence-corrected chi connectivity index (χ4v) is 4.21. The highest BCUT2D eigenvalue weighted by Gasteiger charge is 2.55. The summed E-state index contributed by atoms with van der Waals surface area (Å²) >= 11 is 0. The number of aromatic nitrogens is 2. The summed E-state index contributed by atoms with van der Waals surface area (Å²) in [7, 11) is 0. The van der Waals surface area contributed by atoms with Crippen molar-refractivity contribution < 1.29 is 0 Å². The predicted molar refractivity (Wildman–Crippen MR) is 73.1 cm³/mol. The summed E-state index contributed by atoms with van der Waals surface area (Å²) in [5.41, 5.74) is 2.94. The quantitative estimate of drug-likeness (QED) is 0.862. The van der Waals surface area contributed by atoms with Gasteiger partial charge in [-0.05, 0) is 42.9 Å². The number of H-pyrrole nitrogens is 1. The van der Waals surface area contributed by atoms with Gasteiger partial charge in [-0.3, -0.25) is 0 Å². The van der Waals surface area contributed by atoms with Gasteiger partial charge in [0.1, 0.15) is 0 Å². The van der Waals surface area contributed by atoms with Gasteiger partial charge in [-0.2, -0.15) is 0 Å². The molecule has 4 unspecified atom stereocenters. The Morgan fingerprint density at radius 2 is 2.22 bits per heavy atom. The van der Waals surface area contributed by atoms with Crippen LogP contribution in [0.15, 0.2) is 6.33 Å². The van der Waals surface area contributed by atoms with Gasteiger partial charge in [0.15, 0.2) is 0 Å². The highest BCUT2D eigenvalue weighted by Crippen LogP contribution is 2.61. The Kier molecular flexibility index (Phi) is 2.77. The SMILES string of the molecule is Cc1[nH]cnc1CNC1CC2CC(C1C)C2(C)C. The number of hydrogen-bond acceptors (Lipinski definition) is 2. The lowest BCUT2D eigenvalue weighted by Crippen LogP contribution is -2.59. The summed E-state index contributed by atoms with van der Waals surface area (Å²) in [5.74, 6) is 2.63. The Hall–Kier alpha value is -0.830. The lowest BCUT2D eigenvalue weighted by Gasteiger charge is -2.62. The van der Waals surface area contributed by atoms with E-state index in [2.05, 4.69) is 43.0 Å². The smallest absolute Gasteiger partial charge is 0.0925 e. The van der Waals surface area contributed by atoms with Crippen LogP contribution in [0, 0.1) is 30.1 Å². The van der Waals surface area contributed by atoms with Crippen molar-refractivity contribution in [2.45, 2.75) is 53.1 Å². The van der Waals surface area contributed by atoms with Crippen molar-refractivity contribution in [3.63, 3.8) is 0 Å². The second kappa shape index (κ2) is 4.09. The average molecular weight is 247 g/mol. The molecule has 3 saturated carbocycles. The molecule has 1 heterocycles. The largest absolute Gasteiger partial charge is 0.348 e. The first-order chi connectivity index (χ1) is 8.50. The van der Waals surface area contributed by atoms with E-state index < -0.39 is 0 Å². The maximum atomic E-state index is 4.37. The minimum Gasteiger partial charge on any atom is -0.348 e. The Labute approximate surface area is 110 Å². The normalized spacial score (nSPS) is 37.3. The molecule has 2 N–H and O–H groups in total. The van der Waals surface area contributed by atoms with E-state index in [-0.39, 0.29) is 0 Å². The molecule has 0 amide bonds. The Morgan fingerprint density at radius 1 is 1.44 bits per heavy atom. The van der Waals surface area contributed by atoms with Crippen molar-refractivity contribution in [2.24, 2.45) is 23.2 Å². The van der Waals surface area contributed by atoms with Crippen LogP contribution in [0.5, 0.6) is 0 Å². The number of aryl methyl sites for hydroxylation is 1. The Balaban J connectivity index is 1.61. The number of rotatable bonds is 3. The molecule has 3 aliphatic rings. The summed E-state index contributed by atoms with van der Waals surface area (Å²) in [5, 5.41) is 3.73. The van der Waals surface area contributed by atoms with Crippen LogP contribution in [0.3, 0.4) is 0 Å². The molecule has 3 fully saturated rings. The number of aromatic amines is 1. The number of hydrogen-bond donors (Lipinski definition) is 2. The van der Waals surface area contributed by atoms with Crippen molar-refractivity contribution in [1.82, 2.24) is 15.3 Å². The molecule has 0 aromatic carbocycles. The third kappa shape index (κ3) is 1.71. The second-order valence-corrected chi connectivity index (χ2v) is 6.92. The van der Waals surface area contributed by atoms with Gasteiger partial charge in [-0.15, -0.1) is 0 Å². The molecule has 100 valence electrons. The van der Waals surface area contributed by atoms with Gasteiger partial charge < -0.3 is 10.3 Å². The minimum atomic E-state index is 0.583. The molecule has 0 spiro atoms. The zero-order valence-corrected chi connectivity index (χ0v) is 12.0. The highest BCUT2D eigenvalue weighted by atomic mass is 15.0. The maximum absolute atomic E-state index is 4.37. The first-order valence-corrected chi connectivity index (χ1v) is 7.22. The maximum Gasteiger partial charge on any atom is 0.0925 e. The lowest BCUT2D eigenvalue weighted by molar-refractivity contribution is -0.115. The molecule has 3 aliphatic carbocycles. The standard InChI is InChI=1S/C15H25N3/c1-9-12-5-11(15(12,3)4)6-13(9)16-7-14-10(2)17-8-18-14/h8-9,11-13,16H,5-7H2,1-4H3,(H,17,18). The number of imidazole rings is 1. The van der Waals surface area contributed by atoms with Gasteiger partial charge in [0.05, 0.1) is 12.0 Å². The van der Waals surface area contributed by atoms with E-state index in [9.17, 15) is 0 Å². The van der Waals surface area contributed by atoms with Crippen LogP contribution in [-0.4, -0.2) is 16.0 Å². The molecule has 4 atom stereocenters. The van der Waals surface area contributed by atoms with Crippen molar-refractivity contribution in [3.05, 3.63) is 17.7 Å². The van der Waals surface area contributed by atoms with E-state index in [1.165, 1.54) is 24.2 Å². The molecule has 0 aliphatic heterocycles. The monoisotopic (exact) mass is 247 g/mol. The lowest BCUT2D eigenvalue weighted by atomic mass is 9.45. The van der Waals surface area contributed by atoms with Crippen molar-refractivity contribution in [2.75, 3.05) is 0 Å². The molecule has 2 bridgehead atoms. The molecular weight excluding hydrogens is 222 g/mol. The third-order valence-electron chi connectivity index (χ3n) is 5.82. The summed E-state index contributed by atoms with van der Waals surface area (Å²) in [6, 6.07) is 0.679. The Morgan fingerprint density at radius 3 is 2.78 bits per heavy atom. The van der Waals surface area contributed by atoms with E-state index in [4.69, 9.17) is 0 Å². The summed E-state index contributed by atoms with van der Waals surface area (Å²) in [4.78, 5) is 7.51. The molecule has 0 radical (unpaired) electrons. The summed E-state index contributed by atoms with van der Waals surface area (Å²) < 4.78 is 0. The van der Waals surface area contributed by atoms with Gasteiger partial charge >= 0.3 is 0 Å². The topological polar surface area (TPSA) is 40.7 Å². The van der Waals surface area contributed by atoms with Crippen molar-refractivity contribution in [1.29, 1.82) is 0 Å². The van der Waals surface area contributed by atoms with Crippen LogP contribution >= 0.6 is 0 Å². The average Bonchev–Trinajstić information content (AvgIpc) is 2.73. The zero-order valence-electron chi connectivity index (χ0n) is 12.0. The molecule has 4 rings (SSSR count). The fraction of sp³-hybridized carbons (Fsp3) is 0.800. The fourth-order valence-electron chi connectivity index (χ4n) is 4.21. The molecule has 0 saturated heterocycles. The van der Waals surface area contributed by atoms with E-state index in [0.29, 0.717) is 11.5 Å². The van der Waals surface area contributed by atoms with E-state index in [0.717, 1.165) is 24.3 Å². The minimum absolute atomic E-state index is 0.583. The van der Waals surface area contributed by atoms with E-state index in [1.807, 2.05) is 0 Å². The van der Waals surface area contributed by atoms with Gasteiger partial charge in [0, 0.05) is 18.3 Å². The number of fused-ring (bicyclic) bond motifs is 2. The van der Waals surface area contributed by atoms with Crippen LogP contribution in [0.1, 0.15) is 45.0 Å². The third-order valence-corrected chi connectivity index (χ3v) is 5.82. The molecule has 18 heavy (non-hydrogen) atoms. The number of nitrogens with one attached hydrogen (secondary N) is 2. The van der Waals surface area contributed by atoms with Crippen molar-refractivity contribution in [3.8, 4) is 0 Å². The Bertz CT molecular complexity index is 435. The van der Waals surface area contributed by atoms with Gasteiger partial charge in [0.2, 0.25) is 0 Å². The molecule has 3 heteroatoms. The second-order valence-electron chi connectivity index (χ2n) is 6.92. The van der Waals surface area contributed by atoms with E-state index >= 15 is 0 Å². The van der Waals surface area contributed by atoms with Crippen LogP contribution < -0.4 is 5.32 Å². The highest BCUT2D eigenvalue weighted by molar-refractivity contribution is 5.10. The first-order valence-electron chi connectivity index (χ1n) is 7.22. The van der Waals surface area contributed by atoms with Gasteiger partial charge in [-0.25, -0.2) is 4.98 Å². The number of nitrogens with zero attached hydrogens (tertiary/aromatic N) is 1. The predicted octanol–water partition coefficient (Wildman–Crippen LogP) is 2.88. The zero-order chi connectivity index (χ0) is 12.9. The summed E-state index contributed by atoms with van der Waals surface area (Å²) in [6.45, 7) is 10.3. The van der Waals surface area contributed by atoms with Crippen molar-refractivity contribution >= 4 is 0 Å². The van der Waals surface area contributed by atoms with Crippen LogP contribution in [0.25, 0.3) is 0 Å². The van der Waals surface area contributed by atoms with Crippen LogP contribution in [0.2, 0.25) is 0 Å². The van der Waals surface area contributed by atoms with E-state index in [1.54, 1.807) is 6.33 Å². The van der Waals surface area contributed by atoms with Gasteiger partial charge in [-0.1, -0.05) is 20.8 Å². The van der Waals surface area contributed by atoms with Gasteiger partial charge in [0.25, 0.3) is 0 Å². The van der Waals surface area contributed by atoms with Crippen LogP contribution in [-0.2, 0) is 6.54 Å². The molecular formula is C15H25N3. The van der Waals surface area contributed by atoms with Crippen LogP contribution in [0.4, 0.5) is 0 Å². The molecule has 1 aromatic heterocycles.